The summed E-state index contributed by atoms with van der Waals surface area (Å²) >= 11 is 1.25. The van der Waals surface area contributed by atoms with Crippen LogP contribution in [0.1, 0.15) is 30.6 Å². The fourth-order valence-electron chi connectivity index (χ4n) is 3.40. The van der Waals surface area contributed by atoms with Crippen molar-refractivity contribution in [2.75, 3.05) is 30.4 Å². The normalized spacial score (nSPS) is 19.4. The van der Waals surface area contributed by atoms with E-state index in [4.69, 9.17) is 4.74 Å². The smallest absolute Gasteiger partial charge is 0.255 e. The molecular weight excluding hydrogens is 485 g/mol. The first-order chi connectivity index (χ1) is 16.6. The lowest BCUT2D eigenvalue weighted by molar-refractivity contribution is -0.00177. The maximum Gasteiger partial charge on any atom is 0.255 e. The average molecular weight is 511 g/mol. The van der Waals surface area contributed by atoms with Crippen LogP contribution >= 0.6 is 11.3 Å². The van der Waals surface area contributed by atoms with Gasteiger partial charge >= 0.3 is 0 Å². The van der Waals surface area contributed by atoms with Crippen LogP contribution in [0.2, 0.25) is 0 Å². The number of aromatic nitrogens is 3. The minimum absolute atomic E-state index is 0.0310. The van der Waals surface area contributed by atoms with Crippen LogP contribution in [-0.2, 0) is 4.74 Å². The number of hydrogen-bond acceptors (Lipinski definition) is 9. The van der Waals surface area contributed by atoms with E-state index >= 15 is 0 Å². The summed E-state index contributed by atoms with van der Waals surface area (Å²) in [7, 11) is 0. The molecule has 3 aromatic rings. The summed E-state index contributed by atoms with van der Waals surface area (Å²) in [6, 6.07) is 2.03. The van der Waals surface area contributed by atoms with Crippen LogP contribution in [0.3, 0.4) is 0 Å². The van der Waals surface area contributed by atoms with Gasteiger partial charge in [-0.1, -0.05) is 0 Å². The molecule has 1 fully saturated rings. The number of rotatable bonds is 8. The van der Waals surface area contributed by atoms with Crippen LogP contribution in [0.25, 0.3) is 10.3 Å². The molecule has 1 saturated heterocycles. The Labute approximate surface area is 203 Å². The van der Waals surface area contributed by atoms with E-state index in [1.807, 2.05) is 0 Å². The third kappa shape index (κ3) is 5.97. The number of amides is 1. The van der Waals surface area contributed by atoms with E-state index in [0.717, 1.165) is 0 Å². The molecule has 4 rings (SSSR count). The minimum Gasteiger partial charge on any atom is -0.387 e. The summed E-state index contributed by atoms with van der Waals surface area (Å²) in [5, 5.41) is 18.0. The topological polar surface area (TPSA) is 121 Å². The van der Waals surface area contributed by atoms with Gasteiger partial charge in [0.25, 0.3) is 5.91 Å². The van der Waals surface area contributed by atoms with Crippen molar-refractivity contribution in [3.63, 3.8) is 0 Å². The number of carbonyl (C=O) groups is 1. The quantitative estimate of drug-likeness (QED) is 0.364. The number of pyridine rings is 2. The van der Waals surface area contributed by atoms with Gasteiger partial charge in [-0.2, -0.15) is 0 Å². The molecule has 35 heavy (non-hydrogen) atoms. The van der Waals surface area contributed by atoms with Crippen molar-refractivity contribution in [1.29, 1.82) is 0 Å². The van der Waals surface area contributed by atoms with Gasteiger partial charge in [-0.15, -0.1) is 11.3 Å². The van der Waals surface area contributed by atoms with Gasteiger partial charge in [-0.05, 0) is 20.3 Å². The summed E-state index contributed by atoms with van der Waals surface area (Å²) < 4.78 is 48.2. The van der Waals surface area contributed by atoms with E-state index < -0.39 is 42.3 Å². The number of carbonyl (C=O) groups excluding carboxylic acids is 1. The maximum absolute atomic E-state index is 14.5. The second-order valence-corrected chi connectivity index (χ2v) is 9.53. The first-order valence-corrected chi connectivity index (χ1v) is 11.8. The van der Waals surface area contributed by atoms with Crippen molar-refractivity contribution in [3.8, 4) is 0 Å². The molecule has 9 nitrogen and oxygen atoms in total. The molecule has 0 radical (unpaired) electrons. The number of alkyl halides is 2. The van der Waals surface area contributed by atoms with Gasteiger partial charge < -0.3 is 25.8 Å². The molecule has 3 aromatic heterocycles. The van der Waals surface area contributed by atoms with Crippen LogP contribution in [0.15, 0.2) is 23.8 Å². The molecule has 4 heterocycles. The van der Waals surface area contributed by atoms with Gasteiger partial charge in [-0.3, -0.25) is 4.79 Å². The van der Waals surface area contributed by atoms with E-state index in [0.29, 0.717) is 23.4 Å². The number of halogens is 3. The van der Waals surface area contributed by atoms with Gasteiger partial charge in [-0.25, -0.2) is 28.1 Å². The fourth-order valence-corrected chi connectivity index (χ4v) is 4.04. The Bertz CT molecular complexity index is 1200. The molecule has 0 aromatic carbocycles. The van der Waals surface area contributed by atoms with Crippen molar-refractivity contribution in [2.24, 2.45) is 0 Å². The molecule has 1 aliphatic heterocycles. The Balaban J connectivity index is 1.60. The highest BCUT2D eigenvalue weighted by molar-refractivity contribution is 7.16. The van der Waals surface area contributed by atoms with Gasteiger partial charge in [0.2, 0.25) is 0 Å². The summed E-state index contributed by atoms with van der Waals surface area (Å²) in [6.45, 7) is 2.41. The van der Waals surface area contributed by atoms with Crippen molar-refractivity contribution in [2.45, 2.75) is 44.3 Å². The van der Waals surface area contributed by atoms with Crippen molar-refractivity contribution in [1.82, 2.24) is 20.3 Å². The van der Waals surface area contributed by atoms with E-state index in [-0.39, 0.29) is 29.5 Å². The lowest BCUT2D eigenvalue weighted by Gasteiger charge is -2.28. The average Bonchev–Trinajstić information content (AvgIpc) is 3.25. The Kier molecular flexibility index (Phi) is 7.38. The third-order valence-electron chi connectivity index (χ3n) is 5.51. The summed E-state index contributed by atoms with van der Waals surface area (Å²) in [5.41, 5.74) is 0.581. The molecule has 2 unspecified atom stereocenters. The zero-order valence-electron chi connectivity index (χ0n) is 19.0. The Morgan fingerprint density at radius 2 is 2.17 bits per heavy atom. The minimum atomic E-state index is -1.71. The van der Waals surface area contributed by atoms with E-state index in [9.17, 15) is 23.1 Å². The number of aliphatic hydroxyl groups is 1. The van der Waals surface area contributed by atoms with Crippen LogP contribution in [0, 0.1) is 5.82 Å². The van der Waals surface area contributed by atoms with Crippen molar-refractivity contribution < 1.29 is 27.8 Å². The number of hydrogen-bond donors (Lipinski definition) is 4. The summed E-state index contributed by atoms with van der Waals surface area (Å²) in [6.07, 6.45) is -1.45. The number of ether oxygens (including phenoxy) is 1. The molecule has 0 bridgehead atoms. The second kappa shape index (κ2) is 10.3. The lowest BCUT2D eigenvalue weighted by atomic mass is 10.0. The predicted octanol–water partition coefficient (Wildman–Crippen LogP) is 3.35. The van der Waals surface area contributed by atoms with Gasteiger partial charge in [0.05, 0.1) is 41.6 Å². The highest BCUT2D eigenvalue weighted by atomic mass is 32.1. The number of fused-ring (bicyclic) bond motifs is 1. The van der Waals surface area contributed by atoms with E-state index in [1.165, 1.54) is 43.5 Å². The van der Waals surface area contributed by atoms with Gasteiger partial charge in [0, 0.05) is 24.9 Å². The molecule has 188 valence electrons. The van der Waals surface area contributed by atoms with Gasteiger partial charge in [0.15, 0.2) is 11.6 Å². The SMILES string of the molecule is CC(C)(O)[C@H](F)CNC(=O)c1cnc(Nc2nc3scnc3cc2F)cc1NC1CCOCC1F. The maximum atomic E-state index is 14.5. The first-order valence-electron chi connectivity index (χ1n) is 10.9. The zero-order valence-corrected chi connectivity index (χ0v) is 19.8. The molecule has 0 spiro atoms. The Morgan fingerprint density at radius 3 is 2.91 bits per heavy atom. The summed E-state index contributed by atoms with van der Waals surface area (Å²) in [4.78, 5) is 25.7. The third-order valence-corrected chi connectivity index (χ3v) is 6.24. The number of anilines is 3. The largest absolute Gasteiger partial charge is 0.387 e. The monoisotopic (exact) mass is 510 g/mol. The molecule has 13 heteroatoms. The molecule has 0 saturated carbocycles. The van der Waals surface area contributed by atoms with Crippen LogP contribution in [0.4, 0.5) is 30.5 Å². The zero-order chi connectivity index (χ0) is 25.2. The first kappa shape index (κ1) is 25.1. The Hall–Kier alpha value is -3.03. The number of nitrogens with zero attached hydrogens (tertiary/aromatic N) is 3. The molecular formula is C22H25F3N6O3S. The number of nitrogens with one attached hydrogen (secondary N) is 3. The number of thiazole rings is 1. The van der Waals surface area contributed by atoms with E-state index in [1.54, 1.807) is 5.51 Å². The fraction of sp³-hybridized carbons (Fsp3) is 0.455. The lowest BCUT2D eigenvalue weighted by Crippen LogP contribution is -2.42. The van der Waals surface area contributed by atoms with Gasteiger partial charge in [0.1, 0.15) is 28.5 Å². The van der Waals surface area contributed by atoms with Crippen LogP contribution in [0.5, 0.6) is 0 Å². The molecule has 4 N–H and O–H groups in total. The van der Waals surface area contributed by atoms with E-state index in [2.05, 4.69) is 30.9 Å². The highest BCUT2D eigenvalue weighted by Gasteiger charge is 2.29. The standard InChI is InChI=1S/C22H25F3N6O3S/c1-22(2,33)17(25)8-27-20(32)11-7-26-18(6-15(11)29-14-3-4-34-9-13(14)24)30-19-12(23)5-16-21(31-19)35-10-28-16/h5-7,10,13-14,17,33H,3-4,8-9H2,1-2H3,(H,27,32)(H2,26,29,30,31)/t13?,14?,17-/m1/s1. The molecule has 0 aliphatic carbocycles. The Morgan fingerprint density at radius 1 is 1.37 bits per heavy atom. The molecule has 3 atom stereocenters. The molecule has 1 amide bonds. The van der Waals surface area contributed by atoms with Crippen LogP contribution in [-0.4, -0.2) is 69.7 Å². The second-order valence-electron chi connectivity index (χ2n) is 8.70. The predicted molar refractivity (Wildman–Crippen MR) is 126 cm³/mol. The van der Waals surface area contributed by atoms with Crippen LogP contribution < -0.4 is 16.0 Å². The highest BCUT2D eigenvalue weighted by Crippen LogP contribution is 2.27. The summed E-state index contributed by atoms with van der Waals surface area (Å²) in [5.74, 6) is -1.24. The molecule has 1 aliphatic rings. The van der Waals surface area contributed by atoms with Crippen molar-refractivity contribution >= 4 is 44.9 Å². The van der Waals surface area contributed by atoms with Crippen molar-refractivity contribution in [3.05, 3.63) is 35.2 Å².